The van der Waals surface area contributed by atoms with Crippen molar-refractivity contribution in [3.63, 3.8) is 0 Å². The Balaban J connectivity index is 2.18. The lowest BCUT2D eigenvalue weighted by atomic mass is 9.82. The van der Waals surface area contributed by atoms with Crippen molar-refractivity contribution in [1.82, 2.24) is 0 Å². The van der Waals surface area contributed by atoms with Crippen molar-refractivity contribution in [2.24, 2.45) is 5.41 Å². The third-order valence-corrected chi connectivity index (χ3v) is 4.23. The smallest absolute Gasteiger partial charge is 0.230 e. The van der Waals surface area contributed by atoms with Gasteiger partial charge in [0, 0.05) is 11.5 Å². The summed E-state index contributed by atoms with van der Waals surface area (Å²) in [7, 11) is 1.60. The van der Waals surface area contributed by atoms with Crippen molar-refractivity contribution >= 4 is 17.3 Å². The molecule has 1 aliphatic carbocycles. The number of nitrogens with two attached hydrogens (primary N) is 1. The summed E-state index contributed by atoms with van der Waals surface area (Å²) in [6.45, 7) is 2.08. The fraction of sp³-hybridized carbons (Fsp3) is 0.533. The zero-order valence-corrected chi connectivity index (χ0v) is 11.7. The maximum absolute atomic E-state index is 12.5. The molecular weight excluding hydrogens is 240 g/mol. The lowest BCUT2D eigenvalue weighted by Crippen LogP contribution is -2.33. The van der Waals surface area contributed by atoms with Gasteiger partial charge in [-0.3, -0.25) is 4.79 Å². The number of methoxy groups -OCH3 is 1. The topological polar surface area (TPSA) is 64.3 Å². The zero-order chi connectivity index (χ0) is 13.9. The van der Waals surface area contributed by atoms with Crippen LogP contribution in [-0.2, 0) is 4.79 Å². The third kappa shape index (κ3) is 2.67. The normalized spacial score (nSPS) is 17.2. The highest BCUT2D eigenvalue weighted by Gasteiger charge is 2.39. The minimum Gasteiger partial charge on any atom is -0.497 e. The summed E-state index contributed by atoms with van der Waals surface area (Å²) in [6.07, 6.45) is 5.09. The van der Waals surface area contributed by atoms with E-state index in [1.165, 1.54) is 0 Å². The molecule has 0 aromatic heterocycles. The standard InChI is InChI=1S/C15H22N2O2/c1-3-15(8-4-5-9-15)14(18)17-13-10-11(19-2)6-7-12(13)16/h6-7,10H,3-5,8-9,16H2,1-2H3,(H,17,18). The molecule has 19 heavy (non-hydrogen) atoms. The molecule has 0 bridgehead atoms. The van der Waals surface area contributed by atoms with E-state index < -0.39 is 0 Å². The quantitative estimate of drug-likeness (QED) is 0.819. The van der Waals surface area contributed by atoms with Gasteiger partial charge in [0.2, 0.25) is 5.91 Å². The van der Waals surface area contributed by atoms with E-state index in [1.54, 1.807) is 25.3 Å². The molecule has 4 nitrogen and oxygen atoms in total. The summed E-state index contributed by atoms with van der Waals surface area (Å²) < 4.78 is 5.16. The van der Waals surface area contributed by atoms with Gasteiger partial charge in [-0.2, -0.15) is 0 Å². The van der Waals surface area contributed by atoms with Gasteiger partial charge in [-0.25, -0.2) is 0 Å². The number of anilines is 2. The molecule has 0 aliphatic heterocycles. The molecule has 0 unspecified atom stereocenters. The fourth-order valence-electron chi connectivity index (χ4n) is 2.82. The number of carbonyl (C=O) groups excluding carboxylic acids is 1. The van der Waals surface area contributed by atoms with Gasteiger partial charge in [0.25, 0.3) is 0 Å². The van der Waals surface area contributed by atoms with Crippen molar-refractivity contribution in [2.45, 2.75) is 39.0 Å². The van der Waals surface area contributed by atoms with Gasteiger partial charge < -0.3 is 15.8 Å². The molecule has 4 heteroatoms. The van der Waals surface area contributed by atoms with E-state index in [9.17, 15) is 4.79 Å². The SMILES string of the molecule is CCC1(C(=O)Nc2cc(OC)ccc2N)CCCC1. The van der Waals surface area contributed by atoms with Crippen LogP contribution in [0.4, 0.5) is 11.4 Å². The summed E-state index contributed by atoms with van der Waals surface area (Å²) >= 11 is 0. The van der Waals surface area contributed by atoms with Gasteiger partial charge in [0.15, 0.2) is 0 Å². The molecule has 1 aromatic rings. The molecule has 1 aliphatic rings. The number of benzene rings is 1. The van der Waals surface area contributed by atoms with Crippen LogP contribution in [-0.4, -0.2) is 13.0 Å². The van der Waals surface area contributed by atoms with Gasteiger partial charge in [-0.15, -0.1) is 0 Å². The molecule has 1 aromatic carbocycles. The van der Waals surface area contributed by atoms with E-state index in [4.69, 9.17) is 10.5 Å². The maximum atomic E-state index is 12.5. The van der Waals surface area contributed by atoms with Crippen LogP contribution in [0.25, 0.3) is 0 Å². The number of hydrogen-bond acceptors (Lipinski definition) is 3. The van der Waals surface area contributed by atoms with E-state index in [0.29, 0.717) is 17.1 Å². The highest BCUT2D eigenvalue weighted by Crippen LogP contribution is 2.42. The van der Waals surface area contributed by atoms with Crippen molar-refractivity contribution < 1.29 is 9.53 Å². The largest absolute Gasteiger partial charge is 0.497 e. The first kappa shape index (κ1) is 13.7. The second-order valence-electron chi connectivity index (χ2n) is 5.25. The summed E-state index contributed by atoms with van der Waals surface area (Å²) in [6, 6.07) is 5.31. The van der Waals surface area contributed by atoms with Gasteiger partial charge in [0.05, 0.1) is 18.5 Å². The van der Waals surface area contributed by atoms with Crippen LogP contribution >= 0.6 is 0 Å². The number of nitrogen functional groups attached to an aromatic ring is 1. The van der Waals surface area contributed by atoms with Crippen molar-refractivity contribution in [2.75, 3.05) is 18.2 Å². The number of ether oxygens (including phenoxy) is 1. The minimum absolute atomic E-state index is 0.0902. The first-order chi connectivity index (χ1) is 9.11. The molecule has 3 N–H and O–H groups in total. The van der Waals surface area contributed by atoms with Gasteiger partial charge in [-0.05, 0) is 31.4 Å². The predicted octanol–water partition coefficient (Wildman–Crippen LogP) is 3.19. The van der Waals surface area contributed by atoms with Crippen LogP contribution in [0.3, 0.4) is 0 Å². The molecule has 0 spiro atoms. The second kappa shape index (κ2) is 5.51. The molecule has 0 heterocycles. The average molecular weight is 262 g/mol. The molecule has 104 valence electrons. The highest BCUT2D eigenvalue weighted by atomic mass is 16.5. The first-order valence-electron chi connectivity index (χ1n) is 6.86. The van der Waals surface area contributed by atoms with E-state index in [0.717, 1.165) is 32.1 Å². The molecule has 0 radical (unpaired) electrons. The number of nitrogens with one attached hydrogen (secondary N) is 1. The molecule has 0 saturated heterocycles. The Morgan fingerprint density at radius 2 is 2.11 bits per heavy atom. The van der Waals surface area contributed by atoms with E-state index in [2.05, 4.69) is 12.2 Å². The van der Waals surface area contributed by atoms with Crippen LogP contribution < -0.4 is 15.8 Å². The predicted molar refractivity (Wildman–Crippen MR) is 77.2 cm³/mol. The van der Waals surface area contributed by atoms with E-state index in [-0.39, 0.29) is 11.3 Å². The van der Waals surface area contributed by atoms with Crippen molar-refractivity contribution in [1.29, 1.82) is 0 Å². The molecule has 1 saturated carbocycles. The fourth-order valence-corrected chi connectivity index (χ4v) is 2.82. The Labute approximate surface area is 114 Å². The Bertz CT molecular complexity index is 465. The number of carbonyl (C=O) groups is 1. The molecule has 1 amide bonds. The maximum Gasteiger partial charge on any atom is 0.230 e. The zero-order valence-electron chi connectivity index (χ0n) is 11.7. The van der Waals surface area contributed by atoms with Gasteiger partial charge in [-0.1, -0.05) is 19.8 Å². The number of rotatable bonds is 4. The lowest BCUT2D eigenvalue weighted by molar-refractivity contribution is -0.125. The van der Waals surface area contributed by atoms with Crippen LogP contribution in [0.2, 0.25) is 0 Å². The van der Waals surface area contributed by atoms with Crippen molar-refractivity contribution in [3.8, 4) is 5.75 Å². The molecule has 1 fully saturated rings. The van der Waals surface area contributed by atoms with E-state index in [1.807, 2.05) is 0 Å². The second-order valence-corrected chi connectivity index (χ2v) is 5.25. The number of amides is 1. The number of hydrogen-bond donors (Lipinski definition) is 2. The minimum atomic E-state index is -0.213. The average Bonchev–Trinajstić information content (AvgIpc) is 2.91. The van der Waals surface area contributed by atoms with Crippen LogP contribution in [0.1, 0.15) is 39.0 Å². The van der Waals surface area contributed by atoms with Crippen LogP contribution in [0, 0.1) is 5.41 Å². The molecule has 2 rings (SSSR count). The van der Waals surface area contributed by atoms with Crippen molar-refractivity contribution in [3.05, 3.63) is 18.2 Å². The summed E-state index contributed by atoms with van der Waals surface area (Å²) in [5.41, 5.74) is 6.90. The summed E-state index contributed by atoms with van der Waals surface area (Å²) in [4.78, 5) is 12.5. The third-order valence-electron chi connectivity index (χ3n) is 4.23. The summed E-state index contributed by atoms with van der Waals surface area (Å²) in [5, 5.41) is 2.97. The van der Waals surface area contributed by atoms with Gasteiger partial charge >= 0.3 is 0 Å². The highest BCUT2D eigenvalue weighted by molar-refractivity contribution is 5.98. The Kier molecular flexibility index (Phi) is 3.98. The lowest BCUT2D eigenvalue weighted by Gasteiger charge is -2.26. The summed E-state index contributed by atoms with van der Waals surface area (Å²) in [5.74, 6) is 0.786. The Hall–Kier alpha value is -1.71. The monoisotopic (exact) mass is 262 g/mol. The Morgan fingerprint density at radius 1 is 1.42 bits per heavy atom. The van der Waals surface area contributed by atoms with E-state index >= 15 is 0 Å². The molecule has 0 atom stereocenters. The Morgan fingerprint density at radius 3 is 2.68 bits per heavy atom. The first-order valence-corrected chi connectivity index (χ1v) is 6.86. The van der Waals surface area contributed by atoms with Gasteiger partial charge in [0.1, 0.15) is 5.75 Å². The van der Waals surface area contributed by atoms with Crippen LogP contribution in [0.15, 0.2) is 18.2 Å². The molecular formula is C15H22N2O2. The van der Waals surface area contributed by atoms with Crippen LogP contribution in [0.5, 0.6) is 5.75 Å².